The molecule has 2 fully saturated rings. The number of carbonyl (C=O) groups is 1. The smallest absolute Gasteiger partial charge is 0.145 e. The number of nitrogens with one attached hydrogen (secondary N) is 2. The van der Waals surface area contributed by atoms with Crippen LogP contribution < -0.4 is 10.6 Å². The average molecular weight is 891 g/mol. The minimum atomic E-state index is -1.25. The van der Waals surface area contributed by atoms with E-state index in [0.717, 1.165) is 61.7 Å². The van der Waals surface area contributed by atoms with E-state index in [1.54, 1.807) is 7.11 Å². The summed E-state index contributed by atoms with van der Waals surface area (Å²) in [6.07, 6.45) is 19.6. The van der Waals surface area contributed by atoms with Gasteiger partial charge in [-0.25, -0.2) is 0 Å². The van der Waals surface area contributed by atoms with Crippen LogP contribution in [0.5, 0.6) is 0 Å². The van der Waals surface area contributed by atoms with Gasteiger partial charge in [0.15, 0.2) is 0 Å². The molecule has 0 amide bonds. The normalized spacial score (nSPS) is 32.5. The number of carbonyl (C=O) groups excluding carboxylic acids is 1. The fraction of sp³-hybridized carbons (Fsp3) is 0.554. The molecule has 0 saturated heterocycles. The summed E-state index contributed by atoms with van der Waals surface area (Å²) in [6.45, 7) is 12.7. The molecule has 6 N–H and O–H groups in total. The van der Waals surface area contributed by atoms with Gasteiger partial charge in [-0.15, -0.1) is 0 Å². The van der Waals surface area contributed by atoms with Gasteiger partial charge in [0.2, 0.25) is 0 Å². The Hall–Kier alpha value is -3.77. The quantitative estimate of drug-likeness (QED) is 0.0272. The summed E-state index contributed by atoms with van der Waals surface area (Å²) in [7, 11) is 3.64. The first-order valence-corrected chi connectivity index (χ1v) is 24.1. The number of aliphatic hydroxyl groups excluding tert-OH is 3. The van der Waals surface area contributed by atoms with Gasteiger partial charge in [-0.05, 0) is 150 Å². The van der Waals surface area contributed by atoms with Crippen molar-refractivity contribution in [2.24, 2.45) is 35.0 Å². The lowest BCUT2D eigenvalue weighted by Crippen LogP contribution is -2.65. The molecule has 2 aromatic rings. The van der Waals surface area contributed by atoms with E-state index in [9.17, 15) is 25.2 Å². The fourth-order valence-corrected chi connectivity index (χ4v) is 12.3. The highest BCUT2D eigenvalue weighted by Gasteiger charge is 2.68. The summed E-state index contributed by atoms with van der Waals surface area (Å²) >= 11 is 0. The minimum absolute atomic E-state index is 0.0432. The van der Waals surface area contributed by atoms with Crippen LogP contribution in [0.4, 0.5) is 0 Å². The van der Waals surface area contributed by atoms with E-state index in [4.69, 9.17) is 16.1 Å². The molecule has 65 heavy (non-hydrogen) atoms. The van der Waals surface area contributed by atoms with Crippen molar-refractivity contribution in [2.45, 2.75) is 108 Å². The summed E-state index contributed by atoms with van der Waals surface area (Å²) in [6, 6.07) is 19.8. The van der Waals surface area contributed by atoms with Crippen LogP contribution in [0, 0.1) is 35.0 Å². The lowest BCUT2D eigenvalue weighted by Gasteiger charge is -2.61. The highest BCUT2D eigenvalue weighted by atomic mass is 16.6. The maximum Gasteiger partial charge on any atom is 0.145 e. The highest BCUT2D eigenvalue weighted by Crippen LogP contribution is 2.67. The summed E-state index contributed by atoms with van der Waals surface area (Å²) in [5.74, 6) is -0.728. The van der Waals surface area contributed by atoms with Crippen molar-refractivity contribution < 1.29 is 34.7 Å². The molecule has 1 aliphatic heterocycles. The average Bonchev–Trinajstić information content (AvgIpc) is 3.65. The summed E-state index contributed by atoms with van der Waals surface area (Å²) in [5, 5.41) is 53.3. The molecule has 0 aromatic heterocycles. The zero-order valence-corrected chi connectivity index (χ0v) is 39.8. The number of aldehydes is 1. The van der Waals surface area contributed by atoms with Crippen LogP contribution >= 0.6 is 0 Å². The van der Waals surface area contributed by atoms with E-state index in [2.05, 4.69) is 103 Å². The number of aliphatic hydroxyl groups is 4. The van der Waals surface area contributed by atoms with Crippen LogP contribution in [0.2, 0.25) is 0 Å². The van der Waals surface area contributed by atoms with Gasteiger partial charge in [-0.2, -0.15) is 0 Å². The monoisotopic (exact) mass is 891 g/mol. The number of hydrogen-bond donors (Lipinski definition) is 6. The molecule has 3 aliphatic carbocycles. The van der Waals surface area contributed by atoms with Crippen LogP contribution in [0.25, 0.3) is 0 Å². The van der Waals surface area contributed by atoms with Crippen LogP contribution in [0.15, 0.2) is 125 Å². The molecule has 1 spiro atoms. The minimum Gasteiger partial charge on any atom is -0.396 e. The van der Waals surface area contributed by atoms with Gasteiger partial charge in [-0.3, -0.25) is 4.79 Å². The molecular formula is C56H78N2O7. The predicted molar refractivity (Wildman–Crippen MR) is 261 cm³/mol. The number of methoxy groups -OCH3 is 1. The SMILES string of the molecule is C=C(C=CC=C(COCO)C1CCC2(C1O)C1C(=C(C)C=O)C(C=CC1CCO)CC2(O)CCNC)C1CC=C(C)CNC(C)(CCOC)Cc2cccc(c2)C1CCc1ccccc1. The Kier molecular flexibility index (Phi) is 18.2. The van der Waals surface area contributed by atoms with Crippen molar-refractivity contribution in [3.05, 3.63) is 142 Å². The van der Waals surface area contributed by atoms with Crippen molar-refractivity contribution in [3.8, 4) is 0 Å². The van der Waals surface area contributed by atoms with Crippen LogP contribution in [0.3, 0.4) is 0 Å². The molecule has 10 unspecified atom stereocenters. The largest absolute Gasteiger partial charge is 0.396 e. The third-order valence-corrected chi connectivity index (χ3v) is 15.7. The van der Waals surface area contributed by atoms with Gasteiger partial charge in [0, 0.05) is 49.7 Å². The van der Waals surface area contributed by atoms with E-state index in [-0.39, 0.29) is 54.3 Å². The molecule has 9 heteroatoms. The predicted octanol–water partition coefficient (Wildman–Crippen LogP) is 8.12. The molecule has 4 bridgehead atoms. The van der Waals surface area contributed by atoms with Gasteiger partial charge in [0.05, 0.1) is 18.3 Å². The molecule has 2 aromatic carbocycles. The Morgan fingerprint density at radius 3 is 2.58 bits per heavy atom. The van der Waals surface area contributed by atoms with E-state index in [1.807, 2.05) is 26.1 Å². The Morgan fingerprint density at radius 2 is 1.86 bits per heavy atom. The summed E-state index contributed by atoms with van der Waals surface area (Å²) in [5.41, 5.74) is 6.29. The van der Waals surface area contributed by atoms with Gasteiger partial charge >= 0.3 is 0 Å². The number of allylic oxidation sites excluding steroid dienone is 9. The topological polar surface area (TPSA) is 141 Å². The molecule has 9 nitrogen and oxygen atoms in total. The first-order chi connectivity index (χ1) is 31.4. The summed E-state index contributed by atoms with van der Waals surface area (Å²) in [4.78, 5) is 12.5. The maximum absolute atomic E-state index is 13.0. The van der Waals surface area contributed by atoms with Gasteiger partial charge in [-0.1, -0.05) is 114 Å². The number of fused-ring (bicyclic) bond motifs is 5. The van der Waals surface area contributed by atoms with Gasteiger partial charge < -0.3 is 40.5 Å². The molecule has 0 radical (unpaired) electrons. The molecule has 354 valence electrons. The highest BCUT2D eigenvalue weighted by molar-refractivity contribution is 5.74. The van der Waals surface area contributed by atoms with Gasteiger partial charge in [0.25, 0.3) is 0 Å². The number of rotatable bonds is 19. The van der Waals surface area contributed by atoms with Crippen molar-refractivity contribution in [2.75, 3.05) is 53.9 Å². The zero-order chi connectivity index (χ0) is 46.6. The van der Waals surface area contributed by atoms with E-state index in [1.165, 1.54) is 22.3 Å². The maximum atomic E-state index is 13.0. The second kappa shape index (κ2) is 23.3. The van der Waals surface area contributed by atoms with E-state index >= 15 is 0 Å². The van der Waals surface area contributed by atoms with Crippen molar-refractivity contribution in [3.63, 3.8) is 0 Å². The Balaban J connectivity index is 1.37. The van der Waals surface area contributed by atoms with Crippen LogP contribution in [-0.4, -0.2) is 97.8 Å². The number of ether oxygens (including phenoxy) is 2. The molecule has 10 atom stereocenters. The third kappa shape index (κ3) is 11.5. The van der Waals surface area contributed by atoms with Crippen LogP contribution in [-0.2, 0) is 27.1 Å². The first-order valence-electron chi connectivity index (χ1n) is 24.1. The first kappa shape index (κ1) is 50.6. The molecule has 6 rings (SSSR count). The Morgan fingerprint density at radius 1 is 1.06 bits per heavy atom. The molecule has 1 heterocycles. The Bertz CT molecular complexity index is 2060. The van der Waals surface area contributed by atoms with Crippen molar-refractivity contribution >= 4 is 6.29 Å². The molecular weight excluding hydrogens is 813 g/mol. The number of benzene rings is 2. The second-order valence-corrected chi connectivity index (χ2v) is 19.9. The fourth-order valence-electron chi connectivity index (χ4n) is 12.3. The third-order valence-electron chi connectivity index (χ3n) is 15.7. The number of aryl methyl sites for hydroxylation is 1. The molecule has 2 saturated carbocycles. The van der Waals surface area contributed by atoms with E-state index in [0.29, 0.717) is 50.8 Å². The second-order valence-electron chi connectivity index (χ2n) is 19.9. The van der Waals surface area contributed by atoms with E-state index < -0.39 is 23.9 Å². The lowest BCUT2D eigenvalue weighted by molar-refractivity contribution is -0.194. The summed E-state index contributed by atoms with van der Waals surface area (Å²) < 4.78 is 11.3. The molecule has 4 aliphatic rings. The van der Waals surface area contributed by atoms with Crippen LogP contribution in [0.1, 0.15) is 94.7 Å². The Labute approximate surface area is 389 Å². The van der Waals surface area contributed by atoms with Gasteiger partial charge in [0.1, 0.15) is 13.1 Å². The van der Waals surface area contributed by atoms with Crippen molar-refractivity contribution in [1.29, 1.82) is 0 Å². The standard InChI is InChI=1S/C56H78N2O7/c1-39-18-22-48(49(23-19-42-13-8-7-9-14-42)45-16-11-15-43(32-45)33-54(4,58-35-39)28-31-64-6)40(2)12-10-17-47(37-65-38-61)50-24-26-56(53(50)62)52-44(25-30-59)20-21-46(51(52)41(3)36-60)34-55(56,63)27-29-57-5/h7-18,20-21,32,36,44,46,48-50,52-53,57-59,61-63H,2,19,22-31,33-35,37-38H2,1,3-6H3. The lowest BCUT2D eigenvalue weighted by atomic mass is 9.45. The zero-order valence-electron chi connectivity index (χ0n) is 39.8. The number of hydrogen-bond acceptors (Lipinski definition) is 9. The van der Waals surface area contributed by atoms with Crippen molar-refractivity contribution in [1.82, 2.24) is 10.6 Å².